The van der Waals surface area contributed by atoms with Gasteiger partial charge in [0.1, 0.15) is 5.82 Å². The van der Waals surface area contributed by atoms with Crippen molar-refractivity contribution in [2.75, 3.05) is 13.2 Å². The molecule has 0 saturated heterocycles. The minimum Gasteiger partial charge on any atom is -0.490 e. The molecule has 5 nitrogen and oxygen atoms in total. The van der Waals surface area contributed by atoms with Crippen molar-refractivity contribution in [3.05, 3.63) is 41.6 Å². The number of rotatable bonds is 6. The Hall–Kier alpha value is -2.02. The van der Waals surface area contributed by atoms with E-state index in [9.17, 15) is 8.78 Å². The molecule has 0 atom stereocenters. The minimum atomic E-state index is -0.758. The highest BCUT2D eigenvalue weighted by atomic mass is 19.1. The maximum absolute atomic E-state index is 13.2. The van der Waals surface area contributed by atoms with Crippen molar-refractivity contribution in [3.8, 4) is 5.75 Å². The number of hydrogen-bond acceptors (Lipinski definition) is 5. The molecule has 1 heterocycles. The number of benzene rings is 1. The van der Waals surface area contributed by atoms with E-state index < -0.39 is 11.6 Å². The third-order valence-corrected chi connectivity index (χ3v) is 2.30. The van der Waals surface area contributed by atoms with E-state index in [1.54, 1.807) is 0 Å². The molecular formula is C12H12F2N2O3. The summed E-state index contributed by atoms with van der Waals surface area (Å²) in [6.45, 7) is 0.0578. The molecule has 0 spiro atoms. The molecule has 1 N–H and O–H groups in total. The Balaban J connectivity index is 1.85. The highest BCUT2D eigenvalue weighted by molar-refractivity contribution is 5.24. The van der Waals surface area contributed by atoms with Crippen LogP contribution in [0.4, 0.5) is 8.78 Å². The summed E-state index contributed by atoms with van der Waals surface area (Å²) >= 11 is 0. The van der Waals surface area contributed by atoms with Crippen LogP contribution in [0.15, 0.2) is 22.6 Å². The molecule has 1 aromatic heterocycles. The van der Waals surface area contributed by atoms with Crippen LogP contribution in [0, 0.1) is 11.6 Å². The van der Waals surface area contributed by atoms with Gasteiger partial charge in [0.25, 0.3) is 0 Å². The van der Waals surface area contributed by atoms with Crippen molar-refractivity contribution in [1.82, 2.24) is 10.2 Å². The molecule has 2 rings (SSSR count). The SMILES string of the molecule is OCCc1nnc(CCOc2ccc(F)cc2F)o1. The first kappa shape index (κ1) is 13.4. The number of aliphatic hydroxyl groups is 1. The van der Waals surface area contributed by atoms with Gasteiger partial charge in [0.2, 0.25) is 11.8 Å². The summed E-state index contributed by atoms with van der Waals surface area (Å²) in [6.07, 6.45) is 0.593. The zero-order valence-corrected chi connectivity index (χ0v) is 9.97. The van der Waals surface area contributed by atoms with Gasteiger partial charge in [-0.3, -0.25) is 0 Å². The van der Waals surface area contributed by atoms with Crippen molar-refractivity contribution < 1.29 is 23.0 Å². The van der Waals surface area contributed by atoms with Gasteiger partial charge >= 0.3 is 0 Å². The lowest BCUT2D eigenvalue weighted by Crippen LogP contribution is -2.03. The lowest BCUT2D eigenvalue weighted by atomic mass is 10.3. The van der Waals surface area contributed by atoms with E-state index in [-0.39, 0.29) is 19.0 Å². The highest BCUT2D eigenvalue weighted by Crippen LogP contribution is 2.17. The van der Waals surface area contributed by atoms with Gasteiger partial charge in [-0.1, -0.05) is 0 Å². The summed E-state index contributed by atoms with van der Waals surface area (Å²) in [5.41, 5.74) is 0. The van der Waals surface area contributed by atoms with Gasteiger partial charge in [-0.05, 0) is 12.1 Å². The average Bonchev–Trinajstić information content (AvgIpc) is 2.80. The van der Waals surface area contributed by atoms with E-state index >= 15 is 0 Å². The lowest BCUT2D eigenvalue weighted by Gasteiger charge is -2.05. The van der Waals surface area contributed by atoms with Crippen LogP contribution < -0.4 is 4.74 Å². The van der Waals surface area contributed by atoms with E-state index in [2.05, 4.69) is 10.2 Å². The molecule has 0 radical (unpaired) electrons. The van der Waals surface area contributed by atoms with E-state index in [0.717, 1.165) is 12.1 Å². The predicted molar refractivity (Wildman–Crippen MR) is 60.6 cm³/mol. The van der Waals surface area contributed by atoms with Gasteiger partial charge in [-0.2, -0.15) is 0 Å². The average molecular weight is 270 g/mol. The van der Waals surface area contributed by atoms with Gasteiger partial charge in [0, 0.05) is 12.5 Å². The zero-order valence-electron chi connectivity index (χ0n) is 9.97. The van der Waals surface area contributed by atoms with Crippen molar-refractivity contribution in [3.63, 3.8) is 0 Å². The van der Waals surface area contributed by atoms with Crippen LogP contribution >= 0.6 is 0 Å². The fourth-order valence-corrected chi connectivity index (χ4v) is 1.43. The second-order valence-corrected chi connectivity index (χ2v) is 3.74. The molecule has 0 bridgehead atoms. The second-order valence-electron chi connectivity index (χ2n) is 3.74. The molecular weight excluding hydrogens is 258 g/mol. The molecule has 0 aliphatic heterocycles. The number of hydrogen-bond donors (Lipinski definition) is 1. The molecule has 7 heteroatoms. The maximum atomic E-state index is 13.2. The molecule has 0 aliphatic rings. The van der Waals surface area contributed by atoms with Crippen LogP contribution in [0.5, 0.6) is 5.75 Å². The third-order valence-electron chi connectivity index (χ3n) is 2.30. The fraction of sp³-hybridized carbons (Fsp3) is 0.333. The quantitative estimate of drug-likeness (QED) is 0.861. The van der Waals surface area contributed by atoms with Gasteiger partial charge in [0.05, 0.1) is 19.6 Å². The summed E-state index contributed by atoms with van der Waals surface area (Å²) in [7, 11) is 0. The van der Waals surface area contributed by atoms with Gasteiger partial charge in [-0.25, -0.2) is 8.78 Å². The first-order valence-electron chi connectivity index (χ1n) is 5.69. The first-order valence-corrected chi connectivity index (χ1v) is 5.69. The summed E-state index contributed by atoms with van der Waals surface area (Å²) in [5.74, 6) is -0.769. The predicted octanol–water partition coefficient (Wildman–Crippen LogP) is 1.50. The summed E-state index contributed by atoms with van der Waals surface area (Å²) < 4.78 is 36.2. The Morgan fingerprint density at radius 3 is 2.58 bits per heavy atom. The second kappa shape index (κ2) is 6.24. The molecule has 1 aromatic carbocycles. The standard InChI is InChI=1S/C12H12F2N2O3/c13-8-1-2-10(9(14)7-8)18-6-4-12-16-15-11(19-12)3-5-17/h1-2,7,17H,3-6H2. The van der Waals surface area contributed by atoms with Crippen molar-refractivity contribution >= 4 is 0 Å². The molecule has 19 heavy (non-hydrogen) atoms. The molecule has 2 aromatic rings. The lowest BCUT2D eigenvalue weighted by molar-refractivity contribution is 0.274. The van der Waals surface area contributed by atoms with Crippen LogP contribution in [-0.2, 0) is 12.8 Å². The number of aliphatic hydroxyl groups excluding tert-OH is 1. The van der Waals surface area contributed by atoms with Gasteiger partial charge < -0.3 is 14.3 Å². The number of halogens is 2. The van der Waals surface area contributed by atoms with Crippen LogP contribution in [0.3, 0.4) is 0 Å². The highest BCUT2D eigenvalue weighted by Gasteiger charge is 2.08. The van der Waals surface area contributed by atoms with Crippen molar-refractivity contribution in [2.24, 2.45) is 0 Å². The topological polar surface area (TPSA) is 68.4 Å². The Morgan fingerprint density at radius 1 is 1.16 bits per heavy atom. The van der Waals surface area contributed by atoms with Crippen molar-refractivity contribution in [1.29, 1.82) is 0 Å². The largest absolute Gasteiger partial charge is 0.490 e. The minimum absolute atomic E-state index is 0.0310. The van der Waals surface area contributed by atoms with E-state index in [1.165, 1.54) is 6.07 Å². The Bertz CT molecular complexity index is 546. The summed E-state index contributed by atoms with van der Waals surface area (Å²) in [5, 5.41) is 16.1. The Labute approximate surface area is 107 Å². The first-order chi connectivity index (χ1) is 9.19. The molecule has 0 amide bonds. The molecule has 0 fully saturated rings. The normalized spacial score (nSPS) is 10.7. The number of ether oxygens (including phenoxy) is 1. The van der Waals surface area contributed by atoms with Gasteiger partial charge in [0.15, 0.2) is 11.6 Å². The summed E-state index contributed by atoms with van der Waals surface area (Å²) in [4.78, 5) is 0. The number of nitrogens with zero attached hydrogens (tertiary/aromatic N) is 2. The maximum Gasteiger partial charge on any atom is 0.219 e. The fourth-order valence-electron chi connectivity index (χ4n) is 1.43. The van der Waals surface area contributed by atoms with E-state index in [0.29, 0.717) is 24.6 Å². The van der Waals surface area contributed by atoms with E-state index in [1.807, 2.05) is 0 Å². The number of aromatic nitrogens is 2. The summed E-state index contributed by atoms with van der Waals surface area (Å²) in [6, 6.07) is 3.08. The van der Waals surface area contributed by atoms with Crippen LogP contribution in [0.2, 0.25) is 0 Å². The zero-order chi connectivity index (χ0) is 13.7. The van der Waals surface area contributed by atoms with Crippen LogP contribution in [0.1, 0.15) is 11.8 Å². The Morgan fingerprint density at radius 2 is 1.89 bits per heavy atom. The van der Waals surface area contributed by atoms with Crippen molar-refractivity contribution in [2.45, 2.75) is 12.8 Å². The molecule has 0 unspecified atom stereocenters. The van der Waals surface area contributed by atoms with Crippen LogP contribution in [-0.4, -0.2) is 28.5 Å². The van der Waals surface area contributed by atoms with Crippen LogP contribution in [0.25, 0.3) is 0 Å². The van der Waals surface area contributed by atoms with E-state index in [4.69, 9.17) is 14.3 Å². The smallest absolute Gasteiger partial charge is 0.219 e. The molecule has 0 saturated carbocycles. The Kier molecular flexibility index (Phi) is 4.40. The monoisotopic (exact) mass is 270 g/mol. The third kappa shape index (κ3) is 3.72. The van der Waals surface area contributed by atoms with Gasteiger partial charge in [-0.15, -0.1) is 10.2 Å². The molecule has 102 valence electrons. The molecule has 0 aliphatic carbocycles.